The first-order valence-electron chi connectivity index (χ1n) is 10.1. The lowest BCUT2D eigenvalue weighted by molar-refractivity contribution is -0.126. The third-order valence-electron chi connectivity index (χ3n) is 6.06. The van der Waals surface area contributed by atoms with Gasteiger partial charge < -0.3 is 4.74 Å². The molecule has 1 amide bonds. The number of carbonyl (C=O) groups is 1. The van der Waals surface area contributed by atoms with E-state index < -0.39 is 22.0 Å². The summed E-state index contributed by atoms with van der Waals surface area (Å²) in [6.07, 6.45) is 7.59. The number of carbonyl (C=O) groups excluding carboxylic acids is 1. The number of amides is 1. The molecule has 9 heteroatoms. The molecule has 3 unspecified atom stereocenters. The summed E-state index contributed by atoms with van der Waals surface area (Å²) in [5.74, 6) is 0.280. The standard InChI is InChI=1S/C21H23N3O5S/c25-21(23-26)20-19-4-2-1-3-15(19)11-14-24(20)30(27,28)18-7-5-16(6-8-18)29-17-9-12-22-13-10-17/h5-10,12-13,15,19-20H,1-4,11,14H2. The van der Waals surface area contributed by atoms with Gasteiger partial charge in [-0.05, 0) is 61.1 Å². The van der Waals surface area contributed by atoms with Gasteiger partial charge in [0.2, 0.25) is 10.0 Å². The molecule has 2 aliphatic rings. The van der Waals surface area contributed by atoms with Gasteiger partial charge in [0.15, 0.2) is 0 Å². The zero-order chi connectivity index (χ0) is 21.1. The minimum Gasteiger partial charge on any atom is -0.457 e. The summed E-state index contributed by atoms with van der Waals surface area (Å²) in [6, 6.07) is 8.41. The largest absolute Gasteiger partial charge is 0.457 e. The number of fused-ring (bicyclic) bond motifs is 1. The Morgan fingerprint density at radius 1 is 1.00 bits per heavy atom. The van der Waals surface area contributed by atoms with Crippen molar-refractivity contribution in [2.24, 2.45) is 17.0 Å². The Hall–Kier alpha value is -2.65. The molecule has 0 bridgehead atoms. The zero-order valence-corrected chi connectivity index (χ0v) is 17.2. The molecule has 0 spiro atoms. The molecule has 1 aliphatic carbocycles. The fraction of sp³-hybridized carbons (Fsp3) is 0.429. The number of nitroso groups, excluding NO2 is 1. The Bertz CT molecular complexity index is 1010. The number of pyridine rings is 1. The molecular weight excluding hydrogens is 406 g/mol. The van der Waals surface area contributed by atoms with Crippen LogP contribution in [0.25, 0.3) is 0 Å². The fourth-order valence-corrected chi connectivity index (χ4v) is 6.29. The number of hydrogen-bond acceptors (Lipinski definition) is 6. The maximum absolute atomic E-state index is 13.3. The van der Waals surface area contributed by atoms with Crippen LogP contribution in [0.3, 0.4) is 0 Å². The van der Waals surface area contributed by atoms with Gasteiger partial charge in [-0.1, -0.05) is 19.3 Å². The van der Waals surface area contributed by atoms with Crippen LogP contribution in [-0.4, -0.2) is 36.2 Å². The molecule has 1 aromatic carbocycles. The lowest BCUT2D eigenvalue weighted by Crippen LogP contribution is -2.55. The SMILES string of the molecule is O=NC(=O)C1C2CCCCC2CCN1S(=O)(=O)c1ccc(Oc2ccncc2)cc1. The Labute approximate surface area is 175 Å². The Morgan fingerprint density at radius 3 is 2.37 bits per heavy atom. The Morgan fingerprint density at radius 2 is 1.67 bits per heavy atom. The highest BCUT2D eigenvalue weighted by Crippen LogP contribution is 2.42. The third kappa shape index (κ3) is 3.99. The normalized spacial score (nSPS) is 24.6. The molecule has 0 N–H and O–H groups in total. The lowest BCUT2D eigenvalue weighted by Gasteiger charge is -2.44. The minimum absolute atomic E-state index is 0.0579. The molecule has 2 fully saturated rings. The van der Waals surface area contributed by atoms with Gasteiger partial charge in [0, 0.05) is 24.1 Å². The van der Waals surface area contributed by atoms with E-state index in [9.17, 15) is 18.1 Å². The van der Waals surface area contributed by atoms with E-state index in [2.05, 4.69) is 10.2 Å². The topological polar surface area (TPSA) is 106 Å². The second kappa shape index (κ2) is 8.61. The fourth-order valence-electron chi connectivity index (χ4n) is 4.64. The van der Waals surface area contributed by atoms with Crippen LogP contribution < -0.4 is 4.74 Å². The smallest absolute Gasteiger partial charge is 0.304 e. The van der Waals surface area contributed by atoms with Crippen molar-refractivity contribution in [2.45, 2.75) is 43.0 Å². The van der Waals surface area contributed by atoms with Crippen molar-refractivity contribution >= 4 is 15.9 Å². The molecule has 1 aliphatic heterocycles. The lowest BCUT2D eigenvalue weighted by atomic mass is 9.71. The predicted octanol–water partition coefficient (Wildman–Crippen LogP) is 3.74. The highest BCUT2D eigenvalue weighted by Gasteiger charge is 2.48. The van der Waals surface area contributed by atoms with Crippen molar-refractivity contribution in [2.75, 3.05) is 6.54 Å². The minimum atomic E-state index is -3.96. The summed E-state index contributed by atoms with van der Waals surface area (Å²) in [4.78, 5) is 27.4. The van der Waals surface area contributed by atoms with Crippen LogP contribution >= 0.6 is 0 Å². The van der Waals surface area contributed by atoms with Crippen LogP contribution in [0.2, 0.25) is 0 Å². The van der Waals surface area contributed by atoms with E-state index >= 15 is 0 Å². The first-order valence-corrected chi connectivity index (χ1v) is 11.5. The van der Waals surface area contributed by atoms with E-state index in [-0.39, 0.29) is 23.3 Å². The number of ether oxygens (including phenoxy) is 1. The van der Waals surface area contributed by atoms with Gasteiger partial charge >= 0.3 is 5.91 Å². The second-order valence-corrected chi connectivity index (χ2v) is 9.63. The average molecular weight is 429 g/mol. The molecule has 8 nitrogen and oxygen atoms in total. The number of nitrogens with zero attached hydrogens (tertiary/aromatic N) is 3. The summed E-state index contributed by atoms with van der Waals surface area (Å²) in [5.41, 5.74) is 0. The molecule has 4 rings (SSSR count). The number of sulfonamides is 1. The van der Waals surface area contributed by atoms with Crippen LogP contribution in [-0.2, 0) is 14.8 Å². The molecule has 3 atom stereocenters. The maximum Gasteiger partial charge on any atom is 0.304 e. The molecule has 1 saturated heterocycles. The molecule has 2 heterocycles. The highest BCUT2D eigenvalue weighted by atomic mass is 32.2. The van der Waals surface area contributed by atoms with Crippen molar-refractivity contribution in [3.8, 4) is 11.5 Å². The van der Waals surface area contributed by atoms with E-state index in [0.717, 1.165) is 25.7 Å². The maximum atomic E-state index is 13.3. The quantitative estimate of drug-likeness (QED) is 0.671. The third-order valence-corrected chi connectivity index (χ3v) is 7.96. The van der Waals surface area contributed by atoms with E-state index in [1.807, 2.05) is 0 Å². The second-order valence-electron chi connectivity index (χ2n) is 7.74. The van der Waals surface area contributed by atoms with Crippen LogP contribution in [0.15, 0.2) is 58.9 Å². The summed E-state index contributed by atoms with van der Waals surface area (Å²) in [7, 11) is -3.96. The summed E-state index contributed by atoms with van der Waals surface area (Å²) >= 11 is 0. The highest BCUT2D eigenvalue weighted by molar-refractivity contribution is 7.89. The van der Waals surface area contributed by atoms with E-state index in [1.165, 1.54) is 16.4 Å². The Kier molecular flexibility index (Phi) is 5.92. The number of aromatic nitrogens is 1. The van der Waals surface area contributed by atoms with Crippen molar-refractivity contribution in [3.05, 3.63) is 53.7 Å². The van der Waals surface area contributed by atoms with Gasteiger partial charge in [-0.2, -0.15) is 4.31 Å². The van der Waals surface area contributed by atoms with Gasteiger partial charge in [-0.15, -0.1) is 4.91 Å². The molecule has 0 radical (unpaired) electrons. The molecule has 1 saturated carbocycles. The predicted molar refractivity (Wildman–Crippen MR) is 109 cm³/mol. The van der Waals surface area contributed by atoms with Crippen LogP contribution in [0, 0.1) is 16.7 Å². The summed E-state index contributed by atoms with van der Waals surface area (Å²) in [6.45, 7) is 0.213. The number of rotatable bonds is 5. The average Bonchev–Trinajstić information content (AvgIpc) is 2.79. The molecule has 2 aromatic rings. The van der Waals surface area contributed by atoms with Crippen molar-refractivity contribution < 1.29 is 17.9 Å². The van der Waals surface area contributed by atoms with Gasteiger partial charge in [0.25, 0.3) is 0 Å². The van der Waals surface area contributed by atoms with Gasteiger partial charge in [-0.3, -0.25) is 9.78 Å². The van der Waals surface area contributed by atoms with Crippen LogP contribution in [0.4, 0.5) is 0 Å². The van der Waals surface area contributed by atoms with Crippen molar-refractivity contribution in [1.29, 1.82) is 0 Å². The molecule has 30 heavy (non-hydrogen) atoms. The molecular formula is C21H23N3O5S. The monoisotopic (exact) mass is 429 g/mol. The number of hydrogen-bond donors (Lipinski definition) is 0. The number of piperidine rings is 1. The van der Waals surface area contributed by atoms with Gasteiger partial charge in [0.1, 0.15) is 17.5 Å². The summed E-state index contributed by atoms with van der Waals surface area (Å²) in [5, 5.41) is 2.60. The van der Waals surface area contributed by atoms with Gasteiger partial charge in [-0.25, -0.2) is 8.42 Å². The van der Waals surface area contributed by atoms with E-state index in [0.29, 0.717) is 17.9 Å². The Balaban J connectivity index is 1.59. The van der Waals surface area contributed by atoms with Crippen molar-refractivity contribution in [3.63, 3.8) is 0 Å². The molecule has 158 valence electrons. The first kappa shape index (κ1) is 20.6. The van der Waals surface area contributed by atoms with E-state index in [4.69, 9.17) is 4.74 Å². The van der Waals surface area contributed by atoms with Crippen LogP contribution in [0.1, 0.15) is 32.1 Å². The van der Waals surface area contributed by atoms with Gasteiger partial charge in [0.05, 0.1) is 4.90 Å². The number of benzene rings is 1. The van der Waals surface area contributed by atoms with Crippen LogP contribution in [0.5, 0.6) is 11.5 Å². The molecule has 1 aromatic heterocycles. The zero-order valence-electron chi connectivity index (χ0n) is 16.4. The first-order chi connectivity index (χ1) is 14.5. The summed E-state index contributed by atoms with van der Waals surface area (Å²) < 4.78 is 33.5. The van der Waals surface area contributed by atoms with E-state index in [1.54, 1.807) is 36.7 Å². The van der Waals surface area contributed by atoms with Crippen molar-refractivity contribution in [1.82, 2.24) is 9.29 Å².